The average molecular weight is 257 g/mol. The van der Waals surface area contributed by atoms with Crippen molar-refractivity contribution in [2.24, 2.45) is 0 Å². The van der Waals surface area contributed by atoms with Crippen LogP contribution >= 0.6 is 0 Å². The molecule has 1 saturated heterocycles. The second kappa shape index (κ2) is 6.18. The highest BCUT2D eigenvalue weighted by Gasteiger charge is 2.33. The molecular formula is C16H23N3. The van der Waals surface area contributed by atoms with Gasteiger partial charge in [0.2, 0.25) is 0 Å². The zero-order chi connectivity index (χ0) is 13.7. The van der Waals surface area contributed by atoms with Crippen molar-refractivity contribution in [3.05, 3.63) is 35.9 Å². The summed E-state index contributed by atoms with van der Waals surface area (Å²) in [6, 6.07) is 13.0. The summed E-state index contributed by atoms with van der Waals surface area (Å²) in [5.74, 6) is 0. The number of benzene rings is 1. The van der Waals surface area contributed by atoms with Crippen molar-refractivity contribution in [1.29, 1.82) is 5.26 Å². The molecule has 1 aliphatic rings. The normalized spacial score (nSPS) is 20.7. The first-order chi connectivity index (χ1) is 9.14. The lowest BCUT2D eigenvalue weighted by Crippen LogP contribution is -2.54. The Labute approximate surface area is 116 Å². The van der Waals surface area contributed by atoms with Crippen LogP contribution in [-0.2, 0) is 6.42 Å². The number of rotatable bonds is 4. The van der Waals surface area contributed by atoms with Crippen LogP contribution in [0.15, 0.2) is 30.3 Å². The zero-order valence-corrected chi connectivity index (χ0v) is 12.0. The van der Waals surface area contributed by atoms with Gasteiger partial charge in [-0.05, 0) is 32.4 Å². The molecule has 1 aromatic rings. The van der Waals surface area contributed by atoms with Crippen LogP contribution in [0.2, 0.25) is 0 Å². The Bertz CT molecular complexity index is 429. The Balaban J connectivity index is 1.96. The fraction of sp³-hybridized carbons (Fsp3) is 0.562. The van der Waals surface area contributed by atoms with Crippen molar-refractivity contribution in [3.8, 4) is 6.07 Å². The summed E-state index contributed by atoms with van der Waals surface area (Å²) in [6.07, 6.45) is 1.87. The molecule has 0 aromatic heterocycles. The molecule has 1 aliphatic heterocycles. The Morgan fingerprint density at radius 1 is 1.16 bits per heavy atom. The molecule has 1 fully saturated rings. The summed E-state index contributed by atoms with van der Waals surface area (Å²) in [4.78, 5) is 4.67. The van der Waals surface area contributed by atoms with Gasteiger partial charge in [0, 0.05) is 26.2 Å². The number of nitriles is 1. The van der Waals surface area contributed by atoms with E-state index in [4.69, 9.17) is 0 Å². The van der Waals surface area contributed by atoms with Crippen LogP contribution in [0.3, 0.4) is 0 Å². The van der Waals surface area contributed by atoms with Crippen molar-refractivity contribution < 1.29 is 0 Å². The van der Waals surface area contributed by atoms with Crippen LogP contribution in [0.5, 0.6) is 0 Å². The van der Waals surface area contributed by atoms with Crippen molar-refractivity contribution in [2.45, 2.75) is 25.3 Å². The van der Waals surface area contributed by atoms with Crippen LogP contribution in [0, 0.1) is 11.3 Å². The molecule has 0 radical (unpaired) electrons. The largest absolute Gasteiger partial charge is 0.304 e. The lowest BCUT2D eigenvalue weighted by atomic mass is 9.92. The molecule has 102 valence electrons. The smallest absolute Gasteiger partial charge is 0.106 e. The molecule has 1 aromatic carbocycles. The summed E-state index contributed by atoms with van der Waals surface area (Å²) in [5.41, 5.74) is 0.981. The molecule has 1 heterocycles. The lowest BCUT2D eigenvalue weighted by Gasteiger charge is -2.41. The predicted octanol–water partition coefficient (Wildman–Crippen LogP) is 2.15. The molecule has 0 aliphatic carbocycles. The minimum absolute atomic E-state index is 0.336. The molecule has 0 bridgehead atoms. The molecule has 19 heavy (non-hydrogen) atoms. The zero-order valence-electron chi connectivity index (χ0n) is 12.0. The monoisotopic (exact) mass is 257 g/mol. The van der Waals surface area contributed by atoms with E-state index >= 15 is 0 Å². The van der Waals surface area contributed by atoms with Crippen molar-refractivity contribution in [2.75, 3.05) is 33.2 Å². The number of aryl methyl sites for hydroxylation is 1. The van der Waals surface area contributed by atoms with E-state index < -0.39 is 0 Å². The maximum atomic E-state index is 9.58. The number of likely N-dealkylation sites (N-methyl/N-ethyl adjacent to an activating group) is 1. The van der Waals surface area contributed by atoms with Gasteiger partial charge in [-0.2, -0.15) is 5.26 Å². The molecular weight excluding hydrogens is 234 g/mol. The molecule has 0 N–H and O–H groups in total. The van der Waals surface area contributed by atoms with Crippen molar-refractivity contribution in [3.63, 3.8) is 0 Å². The van der Waals surface area contributed by atoms with Gasteiger partial charge in [0.25, 0.3) is 0 Å². The second-order valence-electron chi connectivity index (χ2n) is 5.66. The number of piperazine rings is 1. The van der Waals surface area contributed by atoms with E-state index in [9.17, 15) is 5.26 Å². The number of nitrogens with zero attached hydrogens (tertiary/aromatic N) is 3. The van der Waals surface area contributed by atoms with Gasteiger partial charge in [-0.15, -0.1) is 0 Å². The Kier molecular flexibility index (Phi) is 4.57. The van der Waals surface area contributed by atoms with Crippen molar-refractivity contribution >= 4 is 0 Å². The highest BCUT2D eigenvalue weighted by molar-refractivity contribution is 5.17. The third kappa shape index (κ3) is 3.56. The fourth-order valence-electron chi connectivity index (χ4n) is 2.62. The van der Waals surface area contributed by atoms with Crippen LogP contribution in [0.4, 0.5) is 0 Å². The van der Waals surface area contributed by atoms with Gasteiger partial charge in [-0.25, -0.2) is 0 Å². The first-order valence-corrected chi connectivity index (χ1v) is 7.03. The molecule has 2 rings (SSSR count). The van der Waals surface area contributed by atoms with Gasteiger partial charge in [0.15, 0.2) is 0 Å². The van der Waals surface area contributed by atoms with E-state index in [1.54, 1.807) is 0 Å². The first kappa shape index (κ1) is 14.0. The quantitative estimate of drug-likeness (QED) is 0.828. The third-order valence-corrected chi connectivity index (χ3v) is 4.19. The summed E-state index contributed by atoms with van der Waals surface area (Å²) >= 11 is 0. The highest BCUT2D eigenvalue weighted by atomic mass is 15.3. The minimum atomic E-state index is -0.336. The summed E-state index contributed by atoms with van der Waals surface area (Å²) < 4.78 is 0. The number of hydrogen-bond acceptors (Lipinski definition) is 3. The Morgan fingerprint density at radius 3 is 2.37 bits per heavy atom. The van der Waals surface area contributed by atoms with Crippen molar-refractivity contribution in [1.82, 2.24) is 9.80 Å². The summed E-state index contributed by atoms with van der Waals surface area (Å²) in [6.45, 7) is 6.19. The Hall–Kier alpha value is -1.37. The van der Waals surface area contributed by atoms with Crippen LogP contribution in [-0.4, -0.2) is 48.6 Å². The molecule has 3 nitrogen and oxygen atoms in total. The summed E-state index contributed by atoms with van der Waals surface area (Å²) in [7, 11) is 2.14. The van der Waals surface area contributed by atoms with Crippen LogP contribution in [0.25, 0.3) is 0 Å². The van der Waals surface area contributed by atoms with Gasteiger partial charge in [-0.1, -0.05) is 30.3 Å². The maximum absolute atomic E-state index is 9.58. The second-order valence-corrected chi connectivity index (χ2v) is 5.66. The molecule has 0 spiro atoms. The van der Waals surface area contributed by atoms with E-state index in [-0.39, 0.29) is 5.54 Å². The molecule has 1 unspecified atom stereocenters. The van der Waals surface area contributed by atoms with E-state index in [2.05, 4.69) is 54.1 Å². The summed E-state index contributed by atoms with van der Waals surface area (Å²) in [5, 5.41) is 9.58. The molecule has 0 amide bonds. The minimum Gasteiger partial charge on any atom is -0.304 e. The topological polar surface area (TPSA) is 30.3 Å². The standard InChI is InChI=1S/C16H23N3/c1-16(14-17,19-12-10-18(2)11-13-19)9-8-15-6-4-3-5-7-15/h3-7H,8-13H2,1-2H3. The van der Waals surface area contributed by atoms with E-state index in [1.165, 1.54) is 5.56 Å². The maximum Gasteiger partial charge on any atom is 0.106 e. The lowest BCUT2D eigenvalue weighted by molar-refractivity contribution is 0.0786. The highest BCUT2D eigenvalue weighted by Crippen LogP contribution is 2.22. The van der Waals surface area contributed by atoms with Gasteiger partial charge in [0.1, 0.15) is 5.54 Å². The van der Waals surface area contributed by atoms with E-state index in [1.807, 2.05) is 6.07 Å². The SMILES string of the molecule is CN1CCN(C(C)(C#N)CCc2ccccc2)CC1. The molecule has 3 heteroatoms. The van der Waals surface area contributed by atoms with Crippen LogP contribution in [0.1, 0.15) is 18.9 Å². The first-order valence-electron chi connectivity index (χ1n) is 7.03. The van der Waals surface area contributed by atoms with Gasteiger partial charge in [-0.3, -0.25) is 4.90 Å². The average Bonchev–Trinajstić information content (AvgIpc) is 2.46. The van der Waals surface area contributed by atoms with E-state index in [0.717, 1.165) is 39.0 Å². The predicted molar refractivity (Wildman–Crippen MR) is 77.9 cm³/mol. The number of hydrogen-bond donors (Lipinski definition) is 0. The molecule has 0 saturated carbocycles. The van der Waals surface area contributed by atoms with E-state index in [0.29, 0.717) is 0 Å². The third-order valence-electron chi connectivity index (χ3n) is 4.19. The molecule has 1 atom stereocenters. The van der Waals surface area contributed by atoms with Crippen LogP contribution < -0.4 is 0 Å². The van der Waals surface area contributed by atoms with Gasteiger partial charge >= 0.3 is 0 Å². The van der Waals surface area contributed by atoms with Gasteiger partial charge in [0.05, 0.1) is 6.07 Å². The fourth-order valence-corrected chi connectivity index (χ4v) is 2.62. The Morgan fingerprint density at radius 2 is 1.79 bits per heavy atom. The van der Waals surface area contributed by atoms with Gasteiger partial charge < -0.3 is 4.90 Å².